The molecule has 0 radical (unpaired) electrons. The van der Waals surface area contributed by atoms with Crippen molar-refractivity contribution in [1.82, 2.24) is 15.2 Å². The minimum atomic E-state index is -0.0122. The van der Waals surface area contributed by atoms with Crippen LogP contribution >= 0.6 is 23.7 Å². The highest BCUT2D eigenvalue weighted by Gasteiger charge is 2.28. The molecule has 3 rings (SSSR count). The summed E-state index contributed by atoms with van der Waals surface area (Å²) in [6.07, 6.45) is 4.05. The Hall–Kier alpha value is -1.76. The second-order valence-electron chi connectivity index (χ2n) is 5.49. The van der Waals surface area contributed by atoms with Gasteiger partial charge in [-0.1, -0.05) is 12.1 Å². The average Bonchev–Trinajstić information content (AvgIpc) is 3.15. The van der Waals surface area contributed by atoms with Gasteiger partial charge in [-0.3, -0.25) is 14.6 Å². The van der Waals surface area contributed by atoms with E-state index in [9.17, 15) is 9.59 Å². The number of carbonyl (C=O) groups is 2. The normalized spacial score (nSPS) is 17.2. The van der Waals surface area contributed by atoms with Crippen LogP contribution in [0.4, 0.5) is 0 Å². The lowest BCUT2D eigenvalue weighted by molar-refractivity contribution is -0.134. The standard InChI is InChI=1S/C17H19N3O2S.ClH/c21-15(16-4-2-10-23-16)5-6-17(22)20-9-8-19-12-14(20)13-3-1-7-18-11-13;/h1-4,7,10-11,14,19H,5-6,8-9,12H2;1H. The van der Waals surface area contributed by atoms with Crippen LogP contribution in [0.5, 0.6) is 0 Å². The molecule has 1 amide bonds. The first kappa shape index (κ1) is 18.6. The van der Waals surface area contributed by atoms with Crippen molar-refractivity contribution in [3.63, 3.8) is 0 Å². The fraction of sp³-hybridized carbons (Fsp3) is 0.353. The summed E-state index contributed by atoms with van der Waals surface area (Å²) in [7, 11) is 0. The van der Waals surface area contributed by atoms with Gasteiger partial charge in [-0.15, -0.1) is 23.7 Å². The van der Waals surface area contributed by atoms with Crippen molar-refractivity contribution in [2.24, 2.45) is 0 Å². The molecule has 1 N–H and O–H groups in total. The van der Waals surface area contributed by atoms with E-state index in [1.54, 1.807) is 18.5 Å². The number of thiophene rings is 1. The van der Waals surface area contributed by atoms with E-state index in [4.69, 9.17) is 0 Å². The van der Waals surface area contributed by atoms with Gasteiger partial charge in [0.25, 0.3) is 0 Å². The zero-order chi connectivity index (χ0) is 16.1. The number of ketones is 1. The molecule has 128 valence electrons. The molecule has 1 unspecified atom stereocenters. The largest absolute Gasteiger partial charge is 0.333 e. The maximum atomic E-state index is 12.6. The van der Waals surface area contributed by atoms with Gasteiger partial charge < -0.3 is 10.2 Å². The van der Waals surface area contributed by atoms with Gasteiger partial charge in [0.2, 0.25) is 5.91 Å². The molecule has 1 fully saturated rings. The number of hydrogen-bond acceptors (Lipinski definition) is 5. The third kappa shape index (κ3) is 4.41. The third-order valence-corrected chi connectivity index (χ3v) is 4.91. The summed E-state index contributed by atoms with van der Waals surface area (Å²) in [5.41, 5.74) is 1.03. The summed E-state index contributed by atoms with van der Waals surface area (Å²) < 4.78 is 0. The highest BCUT2D eigenvalue weighted by molar-refractivity contribution is 7.12. The predicted octanol–water partition coefficient (Wildman–Crippen LogP) is 2.70. The molecule has 3 heterocycles. The van der Waals surface area contributed by atoms with Gasteiger partial charge in [-0.25, -0.2) is 0 Å². The minimum Gasteiger partial charge on any atom is -0.333 e. The molecule has 7 heteroatoms. The molecule has 1 aliphatic heterocycles. The van der Waals surface area contributed by atoms with Crippen LogP contribution in [0, 0.1) is 0 Å². The van der Waals surface area contributed by atoms with Gasteiger partial charge in [-0.05, 0) is 23.1 Å². The van der Waals surface area contributed by atoms with Crippen LogP contribution in [-0.2, 0) is 4.79 Å². The lowest BCUT2D eigenvalue weighted by Gasteiger charge is -2.36. The molecule has 0 spiro atoms. The number of rotatable bonds is 5. The second-order valence-corrected chi connectivity index (χ2v) is 6.44. The van der Waals surface area contributed by atoms with E-state index in [0.717, 1.165) is 23.5 Å². The Morgan fingerprint density at radius 1 is 1.29 bits per heavy atom. The van der Waals surface area contributed by atoms with E-state index < -0.39 is 0 Å². The number of carbonyl (C=O) groups excluding carboxylic acids is 2. The Kier molecular flexibility index (Phi) is 6.90. The Morgan fingerprint density at radius 2 is 2.17 bits per heavy atom. The Bertz CT molecular complexity index is 664. The van der Waals surface area contributed by atoms with Crippen LogP contribution in [-0.4, -0.2) is 41.2 Å². The highest BCUT2D eigenvalue weighted by Crippen LogP contribution is 2.23. The Labute approximate surface area is 151 Å². The van der Waals surface area contributed by atoms with Gasteiger partial charge in [0.05, 0.1) is 10.9 Å². The molecule has 2 aromatic heterocycles. The van der Waals surface area contributed by atoms with Crippen LogP contribution in [0.1, 0.15) is 34.1 Å². The summed E-state index contributed by atoms with van der Waals surface area (Å²) in [4.78, 5) is 31.4. The minimum absolute atomic E-state index is 0. The van der Waals surface area contributed by atoms with E-state index in [2.05, 4.69) is 10.3 Å². The number of halogens is 1. The van der Waals surface area contributed by atoms with Crippen molar-refractivity contribution in [2.45, 2.75) is 18.9 Å². The van der Waals surface area contributed by atoms with Gasteiger partial charge in [0.1, 0.15) is 0 Å². The van der Waals surface area contributed by atoms with Gasteiger partial charge in [0, 0.05) is 44.9 Å². The molecule has 5 nitrogen and oxygen atoms in total. The maximum Gasteiger partial charge on any atom is 0.223 e. The molecular formula is C17H20ClN3O2S. The third-order valence-electron chi connectivity index (χ3n) is 3.99. The lowest BCUT2D eigenvalue weighted by Crippen LogP contribution is -2.48. The summed E-state index contributed by atoms with van der Waals surface area (Å²) in [5.74, 6) is 0.0756. The highest BCUT2D eigenvalue weighted by atomic mass is 35.5. The number of amides is 1. The van der Waals surface area contributed by atoms with E-state index in [1.807, 2.05) is 28.5 Å². The first-order chi connectivity index (χ1) is 11.3. The zero-order valence-electron chi connectivity index (χ0n) is 13.2. The van der Waals surface area contributed by atoms with Crippen LogP contribution in [0.25, 0.3) is 0 Å². The van der Waals surface area contributed by atoms with Crippen molar-refractivity contribution in [3.05, 3.63) is 52.5 Å². The molecule has 0 aromatic carbocycles. The fourth-order valence-corrected chi connectivity index (χ4v) is 3.49. The molecule has 1 saturated heterocycles. The van der Waals surface area contributed by atoms with Crippen molar-refractivity contribution in [1.29, 1.82) is 0 Å². The summed E-state index contributed by atoms with van der Waals surface area (Å²) in [6, 6.07) is 7.52. The molecule has 24 heavy (non-hydrogen) atoms. The SMILES string of the molecule is Cl.O=C(CCC(=O)N1CCNCC1c1cccnc1)c1cccs1. The van der Waals surface area contributed by atoms with Gasteiger partial charge in [0.15, 0.2) is 5.78 Å². The first-order valence-corrected chi connectivity index (χ1v) is 8.60. The Balaban J connectivity index is 0.00000208. The molecule has 1 aliphatic rings. The van der Waals surface area contributed by atoms with Gasteiger partial charge >= 0.3 is 0 Å². The zero-order valence-corrected chi connectivity index (χ0v) is 14.8. The van der Waals surface area contributed by atoms with Crippen LogP contribution < -0.4 is 5.32 Å². The topological polar surface area (TPSA) is 62.3 Å². The van der Waals surface area contributed by atoms with Crippen molar-refractivity contribution in [3.8, 4) is 0 Å². The number of nitrogens with one attached hydrogen (secondary N) is 1. The first-order valence-electron chi connectivity index (χ1n) is 7.72. The molecular weight excluding hydrogens is 346 g/mol. The molecule has 0 bridgehead atoms. The van der Waals surface area contributed by atoms with Crippen LogP contribution in [0.2, 0.25) is 0 Å². The quantitative estimate of drug-likeness (QED) is 0.827. The molecule has 2 aromatic rings. The maximum absolute atomic E-state index is 12.6. The summed E-state index contributed by atoms with van der Waals surface area (Å²) in [6.45, 7) is 2.16. The fourth-order valence-electron chi connectivity index (χ4n) is 2.80. The number of hydrogen-bond donors (Lipinski definition) is 1. The average molecular weight is 366 g/mol. The number of aromatic nitrogens is 1. The van der Waals surface area contributed by atoms with Crippen LogP contribution in [0.3, 0.4) is 0 Å². The van der Waals surface area contributed by atoms with Crippen LogP contribution in [0.15, 0.2) is 42.0 Å². The summed E-state index contributed by atoms with van der Waals surface area (Å²) in [5, 5.41) is 5.20. The number of nitrogens with zero attached hydrogens (tertiary/aromatic N) is 2. The van der Waals surface area contributed by atoms with E-state index in [0.29, 0.717) is 6.54 Å². The number of piperazine rings is 1. The molecule has 0 saturated carbocycles. The van der Waals surface area contributed by atoms with E-state index >= 15 is 0 Å². The monoisotopic (exact) mass is 365 g/mol. The van der Waals surface area contributed by atoms with Crippen molar-refractivity contribution in [2.75, 3.05) is 19.6 Å². The van der Waals surface area contributed by atoms with Crippen molar-refractivity contribution >= 4 is 35.4 Å². The Morgan fingerprint density at radius 3 is 2.88 bits per heavy atom. The summed E-state index contributed by atoms with van der Waals surface area (Å²) >= 11 is 1.42. The second kappa shape index (κ2) is 8.92. The van der Waals surface area contributed by atoms with E-state index in [-0.39, 0.29) is 43.0 Å². The predicted molar refractivity (Wildman–Crippen MR) is 96.7 cm³/mol. The molecule has 1 atom stereocenters. The van der Waals surface area contributed by atoms with Crippen molar-refractivity contribution < 1.29 is 9.59 Å². The van der Waals surface area contributed by atoms with E-state index in [1.165, 1.54) is 11.3 Å². The molecule has 0 aliphatic carbocycles. The smallest absolute Gasteiger partial charge is 0.223 e. The lowest BCUT2D eigenvalue weighted by atomic mass is 10.0. The number of Topliss-reactive ketones (excluding diaryl/α,β-unsaturated/α-hetero) is 1. The number of pyridine rings is 1. The van der Waals surface area contributed by atoms with Gasteiger partial charge in [-0.2, -0.15) is 0 Å².